The Hall–Kier alpha value is -2.93. The van der Waals surface area contributed by atoms with Crippen LogP contribution >= 0.6 is 11.3 Å². The first-order chi connectivity index (χ1) is 14.7. The van der Waals surface area contributed by atoms with Crippen molar-refractivity contribution < 1.29 is 4.79 Å². The third-order valence-electron chi connectivity index (χ3n) is 6.34. The summed E-state index contributed by atoms with van der Waals surface area (Å²) >= 11 is 1.75. The Labute approximate surface area is 178 Å². The molecule has 2 aromatic heterocycles. The minimum atomic E-state index is 0.0595. The molecule has 2 aliphatic rings. The average Bonchev–Trinajstić information content (AvgIpc) is 3.46. The maximum absolute atomic E-state index is 13.3. The summed E-state index contributed by atoms with van der Waals surface area (Å²) in [5, 5.41) is 1.07. The van der Waals surface area contributed by atoms with E-state index in [-0.39, 0.29) is 11.8 Å². The summed E-state index contributed by atoms with van der Waals surface area (Å²) in [7, 11) is 0. The third-order valence-corrected chi connectivity index (χ3v) is 7.42. The van der Waals surface area contributed by atoms with Gasteiger partial charge in [0.05, 0.1) is 21.3 Å². The van der Waals surface area contributed by atoms with E-state index in [1.165, 1.54) is 10.3 Å². The topological polar surface area (TPSA) is 54.3 Å². The minimum absolute atomic E-state index is 0.0595. The van der Waals surface area contributed by atoms with Crippen molar-refractivity contribution >= 4 is 49.6 Å². The molecule has 0 unspecified atom stereocenters. The second-order valence-electron chi connectivity index (χ2n) is 8.27. The molecule has 6 nitrogen and oxygen atoms in total. The lowest BCUT2D eigenvalue weighted by molar-refractivity contribution is -0.122. The number of aryl methyl sites for hydroxylation is 1. The summed E-state index contributed by atoms with van der Waals surface area (Å²) in [5.41, 5.74) is 4.41. The zero-order chi connectivity index (χ0) is 20.2. The summed E-state index contributed by atoms with van der Waals surface area (Å²) in [6, 6.07) is 14.5. The van der Waals surface area contributed by atoms with E-state index < -0.39 is 0 Å². The standard InChI is InChI=1S/C23H23N5OS/c1-15-6-7-18-20(14-15)30-23(25-18)26-10-8-16(9-11-26)21(29)28-13-12-27-19-5-3-2-4-17(19)24-22(27)28/h2-7,14,16H,8-13H2,1H3. The molecule has 0 atom stereocenters. The number of carbonyl (C=O) groups is 1. The summed E-state index contributed by atoms with van der Waals surface area (Å²) in [6.45, 7) is 5.41. The lowest BCUT2D eigenvalue weighted by Gasteiger charge is -2.32. The molecule has 4 heterocycles. The molecule has 1 fully saturated rings. The van der Waals surface area contributed by atoms with Crippen LogP contribution in [-0.2, 0) is 11.3 Å². The largest absolute Gasteiger partial charge is 0.348 e. The second-order valence-corrected chi connectivity index (χ2v) is 9.28. The molecule has 0 N–H and O–H groups in total. The Morgan fingerprint density at radius 1 is 1.00 bits per heavy atom. The van der Waals surface area contributed by atoms with Crippen molar-refractivity contribution in [3.8, 4) is 0 Å². The Kier molecular flexibility index (Phi) is 4.06. The molecule has 2 aromatic carbocycles. The molecule has 6 rings (SSSR count). The van der Waals surface area contributed by atoms with Crippen LogP contribution in [0.15, 0.2) is 42.5 Å². The summed E-state index contributed by atoms with van der Waals surface area (Å²) in [6.07, 6.45) is 1.73. The number of aromatic nitrogens is 3. The monoisotopic (exact) mass is 417 g/mol. The number of fused-ring (bicyclic) bond motifs is 4. The summed E-state index contributed by atoms with van der Waals surface area (Å²) < 4.78 is 3.41. The van der Waals surface area contributed by atoms with Gasteiger partial charge >= 0.3 is 0 Å². The molecule has 0 spiro atoms. The van der Waals surface area contributed by atoms with Crippen molar-refractivity contribution in [3.05, 3.63) is 48.0 Å². The van der Waals surface area contributed by atoms with Crippen molar-refractivity contribution in [1.82, 2.24) is 14.5 Å². The molecule has 152 valence electrons. The van der Waals surface area contributed by atoms with Gasteiger partial charge in [0.2, 0.25) is 11.9 Å². The number of imidazole rings is 1. The molecular formula is C23H23N5OS. The highest BCUT2D eigenvalue weighted by Gasteiger charge is 2.34. The summed E-state index contributed by atoms with van der Waals surface area (Å²) in [4.78, 5) is 27.1. The number of amides is 1. The molecule has 30 heavy (non-hydrogen) atoms. The molecule has 0 saturated carbocycles. The van der Waals surface area contributed by atoms with Crippen LogP contribution in [0.25, 0.3) is 21.3 Å². The number of nitrogens with zero attached hydrogens (tertiary/aromatic N) is 5. The number of thiazole rings is 1. The molecule has 1 saturated heterocycles. The van der Waals surface area contributed by atoms with Crippen molar-refractivity contribution in [3.63, 3.8) is 0 Å². The highest BCUT2D eigenvalue weighted by atomic mass is 32.1. The lowest BCUT2D eigenvalue weighted by Crippen LogP contribution is -2.42. The van der Waals surface area contributed by atoms with Gasteiger partial charge in [-0.05, 0) is 49.6 Å². The van der Waals surface area contributed by atoms with Gasteiger partial charge in [-0.1, -0.05) is 29.5 Å². The number of piperidine rings is 1. The van der Waals surface area contributed by atoms with Crippen LogP contribution in [0.5, 0.6) is 0 Å². The van der Waals surface area contributed by atoms with E-state index in [1.54, 1.807) is 11.3 Å². The van der Waals surface area contributed by atoms with Gasteiger partial charge in [-0.3, -0.25) is 9.69 Å². The number of para-hydroxylation sites is 2. The zero-order valence-electron chi connectivity index (χ0n) is 16.9. The van der Waals surface area contributed by atoms with Gasteiger partial charge in [0.1, 0.15) is 0 Å². The number of hydrogen-bond acceptors (Lipinski definition) is 5. The normalized spacial score (nSPS) is 17.2. The van der Waals surface area contributed by atoms with Gasteiger partial charge in [0.25, 0.3) is 0 Å². The lowest BCUT2D eigenvalue weighted by atomic mass is 9.95. The van der Waals surface area contributed by atoms with Gasteiger partial charge in [-0.2, -0.15) is 0 Å². The van der Waals surface area contributed by atoms with E-state index in [0.717, 1.165) is 66.7 Å². The zero-order valence-corrected chi connectivity index (χ0v) is 17.7. The highest BCUT2D eigenvalue weighted by Crippen LogP contribution is 2.34. The maximum atomic E-state index is 13.3. The van der Waals surface area contributed by atoms with E-state index in [1.807, 2.05) is 23.1 Å². The Morgan fingerprint density at radius 3 is 2.70 bits per heavy atom. The van der Waals surface area contributed by atoms with Crippen LogP contribution in [0.3, 0.4) is 0 Å². The van der Waals surface area contributed by atoms with Crippen LogP contribution in [0.2, 0.25) is 0 Å². The summed E-state index contributed by atoms with van der Waals surface area (Å²) in [5.74, 6) is 1.10. The predicted molar refractivity (Wildman–Crippen MR) is 121 cm³/mol. The van der Waals surface area contributed by atoms with E-state index in [0.29, 0.717) is 0 Å². The van der Waals surface area contributed by atoms with Gasteiger partial charge in [0, 0.05) is 32.1 Å². The van der Waals surface area contributed by atoms with Crippen LogP contribution in [-0.4, -0.2) is 40.1 Å². The van der Waals surface area contributed by atoms with Crippen molar-refractivity contribution in [1.29, 1.82) is 0 Å². The fraction of sp³-hybridized carbons (Fsp3) is 0.348. The first kappa shape index (κ1) is 17.9. The minimum Gasteiger partial charge on any atom is -0.348 e. The fourth-order valence-electron chi connectivity index (χ4n) is 4.69. The van der Waals surface area contributed by atoms with Gasteiger partial charge in [0.15, 0.2) is 5.13 Å². The van der Waals surface area contributed by atoms with Gasteiger partial charge < -0.3 is 9.47 Å². The number of anilines is 2. The molecule has 0 radical (unpaired) electrons. The number of hydrogen-bond donors (Lipinski definition) is 0. The first-order valence-electron chi connectivity index (χ1n) is 10.6. The average molecular weight is 418 g/mol. The Bertz CT molecular complexity index is 1270. The Balaban J connectivity index is 1.18. The third kappa shape index (κ3) is 2.80. The fourth-order valence-corrected chi connectivity index (χ4v) is 5.81. The molecule has 4 aromatic rings. The smallest absolute Gasteiger partial charge is 0.232 e. The predicted octanol–water partition coefficient (Wildman–Crippen LogP) is 4.22. The molecule has 0 bridgehead atoms. The van der Waals surface area contributed by atoms with Gasteiger partial charge in [-0.25, -0.2) is 9.97 Å². The SMILES string of the molecule is Cc1ccc2nc(N3CCC(C(=O)N4CCn5c4nc4ccccc45)CC3)sc2c1. The Morgan fingerprint density at radius 2 is 1.83 bits per heavy atom. The van der Waals surface area contributed by atoms with Crippen LogP contribution in [0, 0.1) is 12.8 Å². The van der Waals surface area contributed by atoms with E-state index in [4.69, 9.17) is 9.97 Å². The number of rotatable bonds is 2. The molecule has 7 heteroatoms. The van der Waals surface area contributed by atoms with E-state index in [9.17, 15) is 4.79 Å². The number of carbonyl (C=O) groups excluding carboxylic acids is 1. The van der Waals surface area contributed by atoms with Crippen molar-refractivity contribution in [2.45, 2.75) is 26.3 Å². The molecule has 2 aliphatic heterocycles. The molecule has 0 aliphatic carbocycles. The molecule has 1 amide bonds. The van der Waals surface area contributed by atoms with Crippen LogP contribution in [0.4, 0.5) is 11.1 Å². The first-order valence-corrected chi connectivity index (χ1v) is 11.4. The second kappa shape index (κ2) is 6.80. The quantitative estimate of drug-likeness (QED) is 0.490. The number of benzene rings is 2. The van der Waals surface area contributed by atoms with E-state index >= 15 is 0 Å². The van der Waals surface area contributed by atoms with Crippen LogP contribution in [0.1, 0.15) is 18.4 Å². The van der Waals surface area contributed by atoms with Crippen molar-refractivity contribution in [2.75, 3.05) is 29.4 Å². The van der Waals surface area contributed by atoms with Crippen molar-refractivity contribution in [2.24, 2.45) is 5.92 Å². The van der Waals surface area contributed by atoms with E-state index in [2.05, 4.69) is 40.7 Å². The van der Waals surface area contributed by atoms with Gasteiger partial charge in [-0.15, -0.1) is 0 Å². The highest BCUT2D eigenvalue weighted by molar-refractivity contribution is 7.22. The molecular weight excluding hydrogens is 394 g/mol. The van der Waals surface area contributed by atoms with Crippen LogP contribution < -0.4 is 9.80 Å². The maximum Gasteiger partial charge on any atom is 0.232 e.